The zero-order valence-corrected chi connectivity index (χ0v) is 16.6. The minimum atomic E-state index is -0.344. The van der Waals surface area contributed by atoms with Crippen LogP contribution in [0.25, 0.3) is 0 Å². The number of amides is 2. The van der Waals surface area contributed by atoms with Gasteiger partial charge in [0.15, 0.2) is 5.78 Å². The van der Waals surface area contributed by atoms with Crippen LogP contribution in [0.15, 0.2) is 42.7 Å². The number of piperazine rings is 1. The number of pyridine rings is 1. The van der Waals surface area contributed by atoms with E-state index in [2.05, 4.69) is 10.3 Å². The van der Waals surface area contributed by atoms with E-state index in [1.165, 1.54) is 13.1 Å². The molecule has 0 spiro atoms. The summed E-state index contributed by atoms with van der Waals surface area (Å²) in [5, 5.41) is 3.19. The van der Waals surface area contributed by atoms with Crippen molar-refractivity contribution in [3.8, 4) is 0 Å². The largest absolute Gasteiger partial charge is 0.450 e. The molecule has 0 aliphatic carbocycles. The lowest BCUT2D eigenvalue weighted by Crippen LogP contribution is -2.50. The van der Waals surface area contributed by atoms with Crippen LogP contribution in [0.2, 0.25) is 0 Å². The van der Waals surface area contributed by atoms with E-state index in [1.54, 1.807) is 53.3 Å². The second-order valence-electron chi connectivity index (χ2n) is 6.70. The minimum absolute atomic E-state index is 0.00821. The number of anilines is 2. The van der Waals surface area contributed by atoms with E-state index >= 15 is 0 Å². The summed E-state index contributed by atoms with van der Waals surface area (Å²) in [5.74, 6) is -0.120. The second-order valence-corrected chi connectivity index (χ2v) is 6.70. The molecular formula is C21H24N4O4. The highest BCUT2D eigenvalue weighted by Gasteiger charge is 2.25. The van der Waals surface area contributed by atoms with Crippen LogP contribution < -0.4 is 5.32 Å². The van der Waals surface area contributed by atoms with Gasteiger partial charge in [0, 0.05) is 43.6 Å². The van der Waals surface area contributed by atoms with E-state index in [-0.39, 0.29) is 17.8 Å². The zero-order valence-electron chi connectivity index (χ0n) is 16.6. The normalized spacial score (nSPS) is 13.7. The Morgan fingerprint density at radius 3 is 2.24 bits per heavy atom. The molecular weight excluding hydrogens is 372 g/mol. The summed E-state index contributed by atoms with van der Waals surface area (Å²) in [6.45, 7) is 5.40. The molecule has 8 heteroatoms. The average molecular weight is 396 g/mol. The molecule has 0 unspecified atom stereocenters. The molecule has 8 nitrogen and oxygen atoms in total. The van der Waals surface area contributed by atoms with Gasteiger partial charge in [-0.2, -0.15) is 0 Å². The maximum Gasteiger partial charge on any atom is 0.409 e. The van der Waals surface area contributed by atoms with Crippen molar-refractivity contribution in [3.05, 3.63) is 53.9 Å². The van der Waals surface area contributed by atoms with Gasteiger partial charge in [0.05, 0.1) is 24.1 Å². The molecule has 29 heavy (non-hydrogen) atoms. The van der Waals surface area contributed by atoms with Crippen molar-refractivity contribution in [2.24, 2.45) is 0 Å². The van der Waals surface area contributed by atoms with Crippen LogP contribution in [0.4, 0.5) is 16.2 Å². The Bertz CT molecular complexity index is 890. The molecule has 2 aromatic rings. The van der Waals surface area contributed by atoms with Crippen LogP contribution in [0.5, 0.6) is 0 Å². The van der Waals surface area contributed by atoms with Gasteiger partial charge in [-0.15, -0.1) is 0 Å². The van der Waals surface area contributed by atoms with E-state index in [0.717, 1.165) is 5.69 Å². The number of carbonyl (C=O) groups excluding carboxylic acids is 3. The number of hydrogen-bond acceptors (Lipinski definition) is 6. The number of hydrogen-bond donors (Lipinski definition) is 1. The first-order valence-corrected chi connectivity index (χ1v) is 9.52. The zero-order chi connectivity index (χ0) is 20.8. The third kappa shape index (κ3) is 5.10. The molecule has 0 radical (unpaired) electrons. The number of aromatic nitrogens is 1. The number of ether oxygens (including phenoxy) is 1. The van der Waals surface area contributed by atoms with E-state index in [4.69, 9.17) is 4.74 Å². The van der Waals surface area contributed by atoms with Crippen LogP contribution in [0.3, 0.4) is 0 Å². The minimum Gasteiger partial charge on any atom is -0.450 e. The summed E-state index contributed by atoms with van der Waals surface area (Å²) in [6.07, 6.45) is 2.82. The van der Waals surface area contributed by atoms with E-state index in [1.807, 2.05) is 0 Å². The number of benzene rings is 1. The number of rotatable bonds is 5. The smallest absolute Gasteiger partial charge is 0.409 e. The van der Waals surface area contributed by atoms with Crippen LogP contribution in [-0.4, -0.2) is 65.4 Å². The Morgan fingerprint density at radius 1 is 0.966 bits per heavy atom. The predicted octanol–water partition coefficient (Wildman–Crippen LogP) is 2.94. The highest BCUT2D eigenvalue weighted by molar-refractivity contribution is 5.95. The van der Waals surface area contributed by atoms with Gasteiger partial charge in [-0.3, -0.25) is 14.6 Å². The van der Waals surface area contributed by atoms with E-state index in [9.17, 15) is 14.4 Å². The highest BCUT2D eigenvalue weighted by atomic mass is 16.6. The van der Waals surface area contributed by atoms with Gasteiger partial charge >= 0.3 is 6.09 Å². The summed E-state index contributed by atoms with van der Waals surface area (Å²) in [6, 6.07) is 8.85. The lowest BCUT2D eigenvalue weighted by molar-refractivity contribution is 0.0570. The van der Waals surface area contributed by atoms with Crippen LogP contribution in [0, 0.1) is 0 Å². The highest BCUT2D eigenvalue weighted by Crippen LogP contribution is 2.19. The lowest BCUT2D eigenvalue weighted by Gasteiger charge is -2.34. The van der Waals surface area contributed by atoms with E-state index < -0.39 is 0 Å². The maximum atomic E-state index is 12.8. The molecule has 0 saturated carbocycles. The molecule has 1 N–H and O–H groups in total. The fraction of sp³-hybridized carbons (Fsp3) is 0.333. The van der Waals surface area contributed by atoms with Gasteiger partial charge < -0.3 is 19.9 Å². The second kappa shape index (κ2) is 9.18. The molecule has 1 aromatic carbocycles. The van der Waals surface area contributed by atoms with Crippen molar-refractivity contribution in [2.75, 3.05) is 38.1 Å². The average Bonchev–Trinajstić information content (AvgIpc) is 2.74. The molecule has 0 bridgehead atoms. The van der Waals surface area contributed by atoms with Gasteiger partial charge in [-0.05, 0) is 44.2 Å². The third-order valence-corrected chi connectivity index (χ3v) is 4.66. The lowest BCUT2D eigenvalue weighted by atomic mass is 10.1. The van der Waals surface area contributed by atoms with Gasteiger partial charge in [0.2, 0.25) is 0 Å². The van der Waals surface area contributed by atoms with Crippen molar-refractivity contribution in [3.63, 3.8) is 0 Å². The third-order valence-electron chi connectivity index (χ3n) is 4.66. The Morgan fingerprint density at radius 2 is 1.62 bits per heavy atom. The molecule has 2 heterocycles. The first-order valence-electron chi connectivity index (χ1n) is 9.52. The Kier molecular flexibility index (Phi) is 6.43. The van der Waals surface area contributed by atoms with Crippen molar-refractivity contribution in [2.45, 2.75) is 13.8 Å². The number of carbonyl (C=O) groups is 3. The number of ketones is 1. The summed E-state index contributed by atoms with van der Waals surface area (Å²) in [5.41, 5.74) is 2.58. The van der Waals surface area contributed by atoms with Gasteiger partial charge in [0.1, 0.15) is 0 Å². The molecule has 1 aromatic heterocycles. The Hall–Kier alpha value is -3.42. The Labute approximate surface area is 169 Å². The van der Waals surface area contributed by atoms with Crippen LogP contribution in [0.1, 0.15) is 34.6 Å². The van der Waals surface area contributed by atoms with Gasteiger partial charge in [0.25, 0.3) is 5.91 Å². The van der Waals surface area contributed by atoms with Crippen LogP contribution in [-0.2, 0) is 4.74 Å². The maximum absolute atomic E-state index is 12.8. The molecule has 1 fully saturated rings. The van der Waals surface area contributed by atoms with Crippen LogP contribution >= 0.6 is 0 Å². The number of nitrogens with one attached hydrogen (secondary N) is 1. The summed E-state index contributed by atoms with van der Waals surface area (Å²) in [7, 11) is 0. The molecule has 3 rings (SSSR count). The van der Waals surface area contributed by atoms with Crippen molar-refractivity contribution >= 4 is 29.2 Å². The quantitative estimate of drug-likeness (QED) is 0.782. The topological polar surface area (TPSA) is 91.8 Å². The molecule has 1 aliphatic rings. The first-order chi connectivity index (χ1) is 14.0. The molecule has 0 atom stereocenters. The monoisotopic (exact) mass is 396 g/mol. The Balaban J connectivity index is 1.62. The fourth-order valence-electron chi connectivity index (χ4n) is 3.07. The summed E-state index contributed by atoms with van der Waals surface area (Å²) >= 11 is 0. The SMILES string of the molecule is CCOC(=O)N1CCN(C(=O)c2cncc(Nc3ccc(C(C)=O)cc3)c2)CC1. The molecule has 152 valence electrons. The van der Waals surface area contributed by atoms with Crippen molar-refractivity contribution in [1.29, 1.82) is 0 Å². The van der Waals surface area contributed by atoms with Crippen molar-refractivity contribution < 1.29 is 19.1 Å². The molecule has 1 saturated heterocycles. The molecule has 1 aliphatic heterocycles. The summed E-state index contributed by atoms with van der Waals surface area (Å²) < 4.78 is 5.00. The van der Waals surface area contributed by atoms with Crippen molar-refractivity contribution in [1.82, 2.24) is 14.8 Å². The molecule has 2 amide bonds. The summed E-state index contributed by atoms with van der Waals surface area (Å²) in [4.78, 5) is 43.4. The van der Waals surface area contributed by atoms with Gasteiger partial charge in [-0.1, -0.05) is 0 Å². The van der Waals surface area contributed by atoms with Gasteiger partial charge in [-0.25, -0.2) is 4.79 Å². The predicted molar refractivity (Wildman–Crippen MR) is 108 cm³/mol. The number of nitrogens with zero attached hydrogens (tertiary/aromatic N) is 3. The first kappa shape index (κ1) is 20.3. The number of Topliss-reactive ketones (excluding diaryl/α,β-unsaturated/α-hetero) is 1. The van der Waals surface area contributed by atoms with E-state index in [0.29, 0.717) is 49.6 Å². The fourth-order valence-corrected chi connectivity index (χ4v) is 3.07. The standard InChI is InChI=1S/C21H24N4O4/c1-3-29-21(28)25-10-8-24(9-11-25)20(27)17-12-19(14-22-13-17)23-18-6-4-16(5-7-18)15(2)26/h4-7,12-14,23H,3,8-11H2,1-2H3.